The van der Waals surface area contributed by atoms with Gasteiger partial charge in [-0.15, -0.1) is 0 Å². The zero-order valence-corrected chi connectivity index (χ0v) is 12.2. The van der Waals surface area contributed by atoms with Gasteiger partial charge >= 0.3 is 5.97 Å². The molecule has 2 N–H and O–H groups in total. The summed E-state index contributed by atoms with van der Waals surface area (Å²) in [6, 6.07) is 0.569. The Kier molecular flexibility index (Phi) is 5.33. The third-order valence-electron chi connectivity index (χ3n) is 2.54. The number of carboxylic acid groups (broad SMARTS) is 1. The Bertz CT molecular complexity index is 472. The smallest absolute Gasteiger partial charge is 0.326 e. The van der Waals surface area contributed by atoms with Crippen molar-refractivity contribution in [1.82, 2.24) is 5.32 Å². The van der Waals surface area contributed by atoms with Crippen LogP contribution in [-0.4, -0.2) is 35.2 Å². The number of nitrogens with one attached hydrogen (secondary N) is 1. The highest BCUT2D eigenvalue weighted by Crippen LogP contribution is 2.09. The van der Waals surface area contributed by atoms with Crippen LogP contribution in [0.15, 0.2) is 16.7 Å². The molecule has 1 aromatic heterocycles. The number of ether oxygens (including phenoxy) is 1. The Morgan fingerprint density at radius 2 is 2.10 bits per heavy atom. The number of carboxylic acids is 1. The van der Waals surface area contributed by atoms with Gasteiger partial charge < -0.3 is 19.6 Å². The van der Waals surface area contributed by atoms with Crippen LogP contribution < -0.4 is 5.32 Å². The minimum Gasteiger partial charge on any atom is -0.480 e. The highest BCUT2D eigenvalue weighted by atomic mass is 16.5. The van der Waals surface area contributed by atoms with E-state index in [1.165, 1.54) is 6.26 Å². The highest BCUT2D eigenvalue weighted by molar-refractivity contribution is 5.96. The molecular formula is C14H21NO5. The summed E-state index contributed by atoms with van der Waals surface area (Å²) in [7, 11) is 0. The summed E-state index contributed by atoms with van der Waals surface area (Å²) in [4.78, 5) is 23.0. The van der Waals surface area contributed by atoms with Crippen molar-refractivity contribution >= 4 is 11.9 Å². The molecule has 1 rings (SSSR count). The van der Waals surface area contributed by atoms with E-state index in [9.17, 15) is 9.59 Å². The summed E-state index contributed by atoms with van der Waals surface area (Å²) >= 11 is 0. The second-order valence-corrected chi connectivity index (χ2v) is 5.56. The van der Waals surface area contributed by atoms with Crippen LogP contribution in [0.4, 0.5) is 0 Å². The lowest BCUT2D eigenvalue weighted by molar-refractivity contribution is -0.140. The van der Waals surface area contributed by atoms with Gasteiger partial charge in [0.2, 0.25) is 0 Å². The third-order valence-corrected chi connectivity index (χ3v) is 2.54. The van der Waals surface area contributed by atoms with Gasteiger partial charge in [-0.05, 0) is 33.8 Å². The van der Waals surface area contributed by atoms with Crippen LogP contribution in [0, 0.1) is 6.92 Å². The molecule has 0 aliphatic carbocycles. The van der Waals surface area contributed by atoms with Crippen molar-refractivity contribution in [2.45, 2.75) is 45.8 Å². The van der Waals surface area contributed by atoms with Crippen molar-refractivity contribution in [3.63, 3.8) is 0 Å². The summed E-state index contributed by atoms with van der Waals surface area (Å²) in [6.45, 7) is 7.62. The largest absolute Gasteiger partial charge is 0.480 e. The number of furan rings is 1. The molecule has 1 amide bonds. The summed E-state index contributed by atoms with van der Waals surface area (Å²) in [6.07, 6.45) is 1.50. The number of rotatable bonds is 6. The van der Waals surface area contributed by atoms with Gasteiger partial charge in [-0.3, -0.25) is 4.79 Å². The highest BCUT2D eigenvalue weighted by Gasteiger charge is 2.22. The first-order valence-electron chi connectivity index (χ1n) is 6.42. The van der Waals surface area contributed by atoms with Crippen molar-refractivity contribution in [3.05, 3.63) is 23.7 Å². The van der Waals surface area contributed by atoms with Crippen molar-refractivity contribution in [2.24, 2.45) is 0 Å². The molecule has 0 saturated carbocycles. The van der Waals surface area contributed by atoms with Gasteiger partial charge in [-0.2, -0.15) is 0 Å². The molecule has 112 valence electrons. The molecule has 1 unspecified atom stereocenters. The Balaban J connectivity index is 2.55. The molecule has 0 aromatic carbocycles. The van der Waals surface area contributed by atoms with Crippen LogP contribution in [0.3, 0.4) is 0 Å². The minimum atomic E-state index is -1.09. The van der Waals surface area contributed by atoms with Crippen LogP contribution in [0.2, 0.25) is 0 Å². The van der Waals surface area contributed by atoms with E-state index in [0.717, 1.165) is 0 Å². The fourth-order valence-corrected chi connectivity index (χ4v) is 1.54. The number of carbonyl (C=O) groups excluding carboxylic acids is 1. The van der Waals surface area contributed by atoms with Crippen LogP contribution in [0.25, 0.3) is 0 Å². The topological polar surface area (TPSA) is 88.8 Å². The molecule has 1 atom stereocenters. The maximum absolute atomic E-state index is 11.9. The molecule has 0 saturated heterocycles. The maximum atomic E-state index is 11.9. The molecule has 6 heteroatoms. The zero-order chi connectivity index (χ0) is 15.3. The van der Waals surface area contributed by atoms with Crippen molar-refractivity contribution in [2.75, 3.05) is 6.61 Å². The molecule has 0 fully saturated rings. The molecule has 1 heterocycles. The number of carbonyl (C=O) groups is 2. The van der Waals surface area contributed by atoms with E-state index in [2.05, 4.69) is 5.32 Å². The summed E-state index contributed by atoms with van der Waals surface area (Å²) in [5.41, 5.74) is -0.0279. The van der Waals surface area contributed by atoms with Crippen molar-refractivity contribution < 1.29 is 23.8 Å². The standard InChI is InChI=1S/C14H21NO5/c1-9-7-10(8-19-9)12(16)15-11(13(17)18)5-6-20-14(2,3)4/h7-8,11H,5-6H2,1-4H3,(H,15,16)(H,17,18). The molecule has 20 heavy (non-hydrogen) atoms. The van der Waals surface area contributed by atoms with Crippen molar-refractivity contribution in [1.29, 1.82) is 0 Å². The van der Waals surface area contributed by atoms with Gasteiger partial charge in [0.1, 0.15) is 18.1 Å². The normalized spacial score (nSPS) is 13.0. The number of aryl methyl sites for hydroxylation is 1. The quantitative estimate of drug-likeness (QED) is 0.833. The molecule has 0 aliphatic rings. The molecule has 0 aliphatic heterocycles. The molecule has 0 radical (unpaired) electrons. The van der Waals surface area contributed by atoms with E-state index < -0.39 is 17.9 Å². The lowest BCUT2D eigenvalue weighted by Crippen LogP contribution is -2.41. The van der Waals surface area contributed by atoms with E-state index in [-0.39, 0.29) is 18.6 Å². The minimum absolute atomic E-state index is 0.204. The first kappa shape index (κ1) is 16.2. The van der Waals surface area contributed by atoms with Gasteiger partial charge in [0.25, 0.3) is 5.91 Å². The summed E-state index contributed by atoms with van der Waals surface area (Å²) in [5, 5.41) is 11.6. The molecular weight excluding hydrogens is 262 g/mol. The van der Waals surface area contributed by atoms with Gasteiger partial charge in [0.05, 0.1) is 11.2 Å². The van der Waals surface area contributed by atoms with Gasteiger partial charge in [0.15, 0.2) is 0 Å². The average Bonchev–Trinajstić information content (AvgIpc) is 2.72. The Morgan fingerprint density at radius 1 is 1.45 bits per heavy atom. The van der Waals surface area contributed by atoms with Gasteiger partial charge in [0, 0.05) is 13.0 Å². The van der Waals surface area contributed by atoms with E-state index in [1.54, 1.807) is 13.0 Å². The fraction of sp³-hybridized carbons (Fsp3) is 0.571. The third kappa shape index (κ3) is 5.44. The monoisotopic (exact) mass is 283 g/mol. The van der Waals surface area contributed by atoms with Gasteiger partial charge in [-0.1, -0.05) is 0 Å². The summed E-state index contributed by atoms with van der Waals surface area (Å²) in [5.74, 6) is -0.959. The molecule has 1 aromatic rings. The predicted molar refractivity (Wildman–Crippen MR) is 72.7 cm³/mol. The molecule has 6 nitrogen and oxygen atoms in total. The SMILES string of the molecule is Cc1cc(C(=O)NC(CCOC(C)(C)C)C(=O)O)co1. The molecule has 0 spiro atoms. The summed E-state index contributed by atoms with van der Waals surface area (Å²) < 4.78 is 10.5. The van der Waals surface area contributed by atoms with E-state index in [0.29, 0.717) is 11.3 Å². The van der Waals surface area contributed by atoms with E-state index in [1.807, 2.05) is 20.8 Å². The lowest BCUT2D eigenvalue weighted by Gasteiger charge is -2.21. The number of hydrogen-bond acceptors (Lipinski definition) is 4. The number of amides is 1. The van der Waals surface area contributed by atoms with Crippen LogP contribution >= 0.6 is 0 Å². The second kappa shape index (κ2) is 6.56. The van der Waals surface area contributed by atoms with Gasteiger partial charge in [-0.25, -0.2) is 4.79 Å². The number of aliphatic carboxylic acids is 1. The Morgan fingerprint density at radius 3 is 2.55 bits per heavy atom. The van der Waals surface area contributed by atoms with Crippen LogP contribution in [0.1, 0.15) is 43.3 Å². The average molecular weight is 283 g/mol. The van der Waals surface area contributed by atoms with E-state index in [4.69, 9.17) is 14.3 Å². The second-order valence-electron chi connectivity index (χ2n) is 5.56. The molecule has 0 bridgehead atoms. The van der Waals surface area contributed by atoms with Crippen LogP contribution in [0.5, 0.6) is 0 Å². The first-order chi connectivity index (χ1) is 9.19. The Labute approximate surface area is 118 Å². The van der Waals surface area contributed by atoms with Crippen LogP contribution in [-0.2, 0) is 9.53 Å². The number of hydrogen-bond donors (Lipinski definition) is 2. The van der Waals surface area contributed by atoms with E-state index >= 15 is 0 Å². The Hall–Kier alpha value is -1.82. The lowest BCUT2D eigenvalue weighted by atomic mass is 10.1. The first-order valence-corrected chi connectivity index (χ1v) is 6.42. The maximum Gasteiger partial charge on any atom is 0.326 e. The van der Waals surface area contributed by atoms with Crippen molar-refractivity contribution in [3.8, 4) is 0 Å². The predicted octanol–water partition coefficient (Wildman–Crippen LogP) is 1.98. The zero-order valence-electron chi connectivity index (χ0n) is 12.2. The fourth-order valence-electron chi connectivity index (χ4n) is 1.54.